The molecule has 0 unspecified atom stereocenters. The maximum atomic E-state index is 13.0. The van der Waals surface area contributed by atoms with E-state index in [4.69, 9.17) is 9.47 Å². The van der Waals surface area contributed by atoms with E-state index in [1.54, 1.807) is 18.2 Å². The van der Waals surface area contributed by atoms with Gasteiger partial charge >= 0.3 is 11.9 Å². The Labute approximate surface area is 181 Å². The third-order valence-electron chi connectivity index (χ3n) is 4.75. The summed E-state index contributed by atoms with van der Waals surface area (Å²) in [5, 5.41) is 6.80. The molecule has 2 aromatic carbocycles. The van der Waals surface area contributed by atoms with E-state index in [0.29, 0.717) is 11.5 Å². The van der Waals surface area contributed by atoms with E-state index in [2.05, 4.69) is 10.4 Å². The predicted molar refractivity (Wildman–Crippen MR) is 110 cm³/mol. The lowest BCUT2D eigenvalue weighted by Gasteiger charge is -2.10. The maximum Gasteiger partial charge on any atom is 0.416 e. The summed E-state index contributed by atoms with van der Waals surface area (Å²) >= 11 is 0. The third-order valence-corrected chi connectivity index (χ3v) is 4.75. The van der Waals surface area contributed by atoms with E-state index in [1.165, 1.54) is 33.4 Å². The van der Waals surface area contributed by atoms with Gasteiger partial charge in [-0.15, -0.1) is 5.10 Å². The van der Waals surface area contributed by atoms with Gasteiger partial charge in [0.25, 0.3) is 5.91 Å². The molecule has 11 heteroatoms. The summed E-state index contributed by atoms with van der Waals surface area (Å²) in [6, 6.07) is 9.31. The first kappa shape index (κ1) is 22.9. The molecule has 0 aliphatic carbocycles. The standard InChI is InChI=1S/C21H21F3N4O4/c1-27-18(13-5-4-6-14(11-13)21(22,23)24)26-28(20(27)30)10-9-25-19(29)16-8-7-15(31-2)12-17(16)32-3/h4-8,11-12H,9-10H2,1-3H3,(H,25,29). The molecule has 8 nitrogen and oxygen atoms in total. The highest BCUT2D eigenvalue weighted by Gasteiger charge is 2.31. The molecule has 0 fully saturated rings. The third kappa shape index (κ3) is 4.76. The molecule has 3 rings (SSSR count). The fourth-order valence-electron chi connectivity index (χ4n) is 3.08. The van der Waals surface area contributed by atoms with E-state index < -0.39 is 23.3 Å². The molecule has 0 bridgehead atoms. The second kappa shape index (κ2) is 9.16. The Bertz CT molecular complexity index is 1180. The number of benzene rings is 2. The topological polar surface area (TPSA) is 87.4 Å². The van der Waals surface area contributed by atoms with Crippen LogP contribution in [0.4, 0.5) is 13.2 Å². The van der Waals surface area contributed by atoms with Crippen LogP contribution in [0.2, 0.25) is 0 Å². The number of nitrogens with zero attached hydrogens (tertiary/aromatic N) is 3. The van der Waals surface area contributed by atoms with Crippen molar-refractivity contribution in [2.24, 2.45) is 7.05 Å². The van der Waals surface area contributed by atoms with E-state index in [1.807, 2.05) is 0 Å². The Morgan fingerprint density at radius 1 is 1.12 bits per heavy atom. The first-order chi connectivity index (χ1) is 15.2. The number of carbonyl (C=O) groups is 1. The van der Waals surface area contributed by atoms with Crippen molar-refractivity contribution in [2.45, 2.75) is 12.7 Å². The van der Waals surface area contributed by atoms with Crippen LogP contribution in [0.15, 0.2) is 47.3 Å². The summed E-state index contributed by atoms with van der Waals surface area (Å²) in [6.45, 7) is 0.0861. The zero-order valence-corrected chi connectivity index (χ0v) is 17.6. The molecule has 0 saturated carbocycles. The normalized spacial score (nSPS) is 11.3. The summed E-state index contributed by atoms with van der Waals surface area (Å²) < 4.78 is 51.5. The molecule has 1 N–H and O–H groups in total. The Hall–Kier alpha value is -3.76. The van der Waals surface area contributed by atoms with Gasteiger partial charge in [-0.2, -0.15) is 13.2 Å². The van der Waals surface area contributed by atoms with Gasteiger partial charge in [-0.1, -0.05) is 12.1 Å². The summed E-state index contributed by atoms with van der Waals surface area (Å²) in [5.74, 6) is 0.514. The van der Waals surface area contributed by atoms with Gasteiger partial charge in [0.15, 0.2) is 5.82 Å². The number of ether oxygens (including phenoxy) is 2. The first-order valence-electron chi connectivity index (χ1n) is 9.47. The van der Waals surface area contributed by atoms with Crippen molar-refractivity contribution < 1.29 is 27.4 Å². The number of carbonyl (C=O) groups excluding carboxylic acids is 1. The fraction of sp³-hybridized carbons (Fsp3) is 0.286. The molecule has 0 aliphatic rings. The number of aromatic nitrogens is 3. The van der Waals surface area contributed by atoms with Crippen LogP contribution in [-0.2, 0) is 19.8 Å². The van der Waals surface area contributed by atoms with Crippen LogP contribution in [0.3, 0.4) is 0 Å². The lowest BCUT2D eigenvalue weighted by molar-refractivity contribution is -0.137. The highest BCUT2D eigenvalue weighted by molar-refractivity contribution is 5.97. The van der Waals surface area contributed by atoms with Gasteiger partial charge in [0, 0.05) is 25.2 Å². The van der Waals surface area contributed by atoms with Crippen LogP contribution in [0.5, 0.6) is 11.5 Å². The molecule has 0 spiro atoms. The highest BCUT2D eigenvalue weighted by atomic mass is 19.4. The minimum atomic E-state index is -4.51. The van der Waals surface area contributed by atoms with Gasteiger partial charge in [-0.05, 0) is 24.3 Å². The Morgan fingerprint density at radius 3 is 2.53 bits per heavy atom. The van der Waals surface area contributed by atoms with E-state index in [0.717, 1.165) is 21.4 Å². The molecule has 32 heavy (non-hydrogen) atoms. The fourth-order valence-corrected chi connectivity index (χ4v) is 3.08. The number of methoxy groups -OCH3 is 2. The van der Waals surface area contributed by atoms with Crippen LogP contribution >= 0.6 is 0 Å². The van der Waals surface area contributed by atoms with Gasteiger partial charge in [0.1, 0.15) is 11.5 Å². The van der Waals surface area contributed by atoms with Gasteiger partial charge in [-0.25, -0.2) is 9.48 Å². The minimum Gasteiger partial charge on any atom is -0.497 e. The Kier molecular flexibility index (Phi) is 6.56. The summed E-state index contributed by atoms with van der Waals surface area (Å²) in [5.41, 5.74) is -0.914. The average Bonchev–Trinajstić information content (AvgIpc) is 3.06. The van der Waals surface area contributed by atoms with Crippen molar-refractivity contribution in [1.82, 2.24) is 19.7 Å². The van der Waals surface area contributed by atoms with Crippen molar-refractivity contribution >= 4 is 5.91 Å². The largest absolute Gasteiger partial charge is 0.497 e. The zero-order valence-electron chi connectivity index (χ0n) is 17.6. The number of halogens is 3. The monoisotopic (exact) mass is 450 g/mol. The summed E-state index contributed by atoms with van der Waals surface area (Å²) in [6.07, 6.45) is -4.51. The lowest BCUT2D eigenvalue weighted by Crippen LogP contribution is -2.31. The van der Waals surface area contributed by atoms with Crippen LogP contribution in [0, 0.1) is 0 Å². The molecule has 3 aromatic rings. The zero-order chi connectivity index (χ0) is 23.5. The van der Waals surface area contributed by atoms with Gasteiger partial charge in [-0.3, -0.25) is 9.36 Å². The Balaban J connectivity index is 1.74. The number of alkyl halides is 3. The van der Waals surface area contributed by atoms with Crippen LogP contribution in [0.1, 0.15) is 15.9 Å². The van der Waals surface area contributed by atoms with Crippen LogP contribution in [-0.4, -0.2) is 41.0 Å². The van der Waals surface area contributed by atoms with Crippen molar-refractivity contribution in [1.29, 1.82) is 0 Å². The van der Waals surface area contributed by atoms with Gasteiger partial charge < -0.3 is 14.8 Å². The Morgan fingerprint density at radius 2 is 1.88 bits per heavy atom. The van der Waals surface area contributed by atoms with Crippen molar-refractivity contribution in [3.05, 3.63) is 64.1 Å². The minimum absolute atomic E-state index is 0.0237. The van der Waals surface area contributed by atoms with Crippen LogP contribution < -0.4 is 20.5 Å². The van der Waals surface area contributed by atoms with E-state index >= 15 is 0 Å². The second-order valence-corrected chi connectivity index (χ2v) is 6.79. The molecule has 1 amide bonds. The second-order valence-electron chi connectivity index (χ2n) is 6.79. The number of rotatable bonds is 7. The molecular formula is C21H21F3N4O4. The lowest BCUT2D eigenvalue weighted by atomic mass is 10.1. The molecule has 170 valence electrons. The predicted octanol–water partition coefficient (Wildman–Crippen LogP) is 2.71. The summed E-state index contributed by atoms with van der Waals surface area (Å²) in [7, 11) is 4.34. The van der Waals surface area contributed by atoms with Crippen molar-refractivity contribution in [3.8, 4) is 22.9 Å². The van der Waals surface area contributed by atoms with Gasteiger partial charge in [0.05, 0.1) is 31.9 Å². The molecular weight excluding hydrogens is 429 g/mol. The maximum absolute atomic E-state index is 13.0. The molecule has 0 saturated heterocycles. The first-order valence-corrected chi connectivity index (χ1v) is 9.47. The average molecular weight is 450 g/mol. The number of hydrogen-bond acceptors (Lipinski definition) is 5. The van der Waals surface area contributed by atoms with Gasteiger partial charge in [0.2, 0.25) is 0 Å². The molecule has 0 atom stereocenters. The number of amides is 1. The van der Waals surface area contributed by atoms with E-state index in [-0.39, 0.29) is 30.0 Å². The molecule has 0 aliphatic heterocycles. The van der Waals surface area contributed by atoms with Crippen molar-refractivity contribution in [2.75, 3.05) is 20.8 Å². The molecule has 1 aromatic heterocycles. The van der Waals surface area contributed by atoms with Crippen molar-refractivity contribution in [3.63, 3.8) is 0 Å². The van der Waals surface area contributed by atoms with Crippen LogP contribution in [0.25, 0.3) is 11.4 Å². The number of hydrogen-bond donors (Lipinski definition) is 1. The van der Waals surface area contributed by atoms with E-state index in [9.17, 15) is 22.8 Å². The summed E-state index contributed by atoms with van der Waals surface area (Å²) in [4.78, 5) is 24.9. The SMILES string of the molecule is COc1ccc(C(=O)NCCn2nc(-c3cccc(C(F)(F)F)c3)n(C)c2=O)c(OC)c1. The number of nitrogens with one attached hydrogen (secondary N) is 1. The highest BCUT2D eigenvalue weighted by Crippen LogP contribution is 2.31. The quantitative estimate of drug-likeness (QED) is 0.598. The molecule has 1 heterocycles. The smallest absolute Gasteiger partial charge is 0.416 e. The molecule has 0 radical (unpaired) electrons.